The highest BCUT2D eigenvalue weighted by Crippen LogP contribution is 2.33. The lowest BCUT2D eigenvalue weighted by Gasteiger charge is -2.15. The molecule has 3 heterocycles. The molecule has 0 aliphatic carbocycles. The molecule has 0 amide bonds. The molecule has 7 heteroatoms. The minimum atomic E-state index is -0.454. The van der Waals surface area contributed by atoms with E-state index in [2.05, 4.69) is 15.0 Å². The Morgan fingerprint density at radius 2 is 2.04 bits per heavy atom. The van der Waals surface area contributed by atoms with E-state index < -0.39 is 11.0 Å². The molecule has 1 atom stereocenters. The molecule has 3 aromatic heterocycles. The Labute approximate surface area is 154 Å². The fourth-order valence-electron chi connectivity index (χ4n) is 3.18. The lowest BCUT2D eigenvalue weighted by atomic mass is 9.99. The average Bonchev–Trinajstić information content (AvgIpc) is 3.12. The van der Waals surface area contributed by atoms with E-state index in [0.29, 0.717) is 5.56 Å². The van der Waals surface area contributed by atoms with Gasteiger partial charge < -0.3 is 9.72 Å². The molecule has 27 heavy (non-hydrogen) atoms. The Hall–Kier alpha value is -3.58. The zero-order valence-electron chi connectivity index (χ0n) is 14.5. The van der Waals surface area contributed by atoms with Crippen LogP contribution in [0.1, 0.15) is 17.2 Å². The maximum absolute atomic E-state index is 11.1. The van der Waals surface area contributed by atoms with E-state index in [9.17, 15) is 10.1 Å². The number of pyridine rings is 2. The third kappa shape index (κ3) is 3.16. The fraction of sp³-hybridized carbons (Fsp3) is 0.100. The molecule has 0 aliphatic heterocycles. The van der Waals surface area contributed by atoms with Crippen molar-refractivity contribution in [2.24, 2.45) is 0 Å². The van der Waals surface area contributed by atoms with Gasteiger partial charge in [0.25, 0.3) is 5.69 Å². The van der Waals surface area contributed by atoms with Gasteiger partial charge >= 0.3 is 0 Å². The standard InChI is InChI=1S/C20H16N4O3/c1-27-19(13-4-2-6-16(8-13)24(25)26)18-12-23-20-17(18)9-15(11-22-20)14-5-3-7-21-10-14/h2-12,19H,1H3,(H,22,23). The van der Waals surface area contributed by atoms with Crippen molar-refractivity contribution in [3.05, 3.63) is 88.5 Å². The number of aromatic amines is 1. The van der Waals surface area contributed by atoms with Crippen molar-refractivity contribution in [2.75, 3.05) is 7.11 Å². The summed E-state index contributed by atoms with van der Waals surface area (Å²) in [5.41, 5.74) is 4.23. The van der Waals surface area contributed by atoms with Crippen molar-refractivity contribution >= 4 is 16.7 Å². The molecule has 0 radical (unpaired) electrons. The highest BCUT2D eigenvalue weighted by atomic mass is 16.6. The van der Waals surface area contributed by atoms with Crippen LogP contribution in [0.15, 0.2) is 67.3 Å². The number of nitrogens with zero attached hydrogens (tertiary/aromatic N) is 3. The summed E-state index contributed by atoms with van der Waals surface area (Å²) in [6.45, 7) is 0. The molecule has 0 bridgehead atoms. The van der Waals surface area contributed by atoms with Crippen LogP contribution in [-0.2, 0) is 4.74 Å². The summed E-state index contributed by atoms with van der Waals surface area (Å²) < 4.78 is 5.69. The number of methoxy groups -OCH3 is 1. The predicted molar refractivity (Wildman–Crippen MR) is 101 cm³/mol. The maximum atomic E-state index is 11.1. The Balaban J connectivity index is 1.82. The second-order valence-corrected chi connectivity index (χ2v) is 6.07. The van der Waals surface area contributed by atoms with E-state index in [1.54, 1.807) is 31.8 Å². The van der Waals surface area contributed by atoms with Gasteiger partial charge in [-0.1, -0.05) is 18.2 Å². The van der Waals surface area contributed by atoms with Crippen LogP contribution in [0.2, 0.25) is 0 Å². The van der Waals surface area contributed by atoms with E-state index in [1.807, 2.05) is 30.5 Å². The Morgan fingerprint density at radius 1 is 1.15 bits per heavy atom. The number of nitrogens with one attached hydrogen (secondary N) is 1. The van der Waals surface area contributed by atoms with Crippen LogP contribution in [0.25, 0.3) is 22.2 Å². The molecular weight excluding hydrogens is 344 g/mol. The maximum Gasteiger partial charge on any atom is 0.269 e. The van der Waals surface area contributed by atoms with Gasteiger partial charge in [-0.25, -0.2) is 4.98 Å². The second-order valence-electron chi connectivity index (χ2n) is 6.07. The minimum absolute atomic E-state index is 0.0311. The first-order chi connectivity index (χ1) is 13.2. The first-order valence-electron chi connectivity index (χ1n) is 8.32. The average molecular weight is 360 g/mol. The first kappa shape index (κ1) is 16.9. The summed E-state index contributed by atoms with van der Waals surface area (Å²) in [4.78, 5) is 22.5. The molecule has 134 valence electrons. The predicted octanol–water partition coefficient (Wildman–Crippen LogP) is 4.27. The summed E-state index contributed by atoms with van der Waals surface area (Å²) >= 11 is 0. The summed E-state index contributed by atoms with van der Waals surface area (Å²) in [7, 11) is 1.58. The van der Waals surface area contributed by atoms with E-state index in [1.165, 1.54) is 12.1 Å². The number of aromatic nitrogens is 3. The number of nitro groups is 1. The monoisotopic (exact) mass is 360 g/mol. The van der Waals surface area contributed by atoms with Gasteiger partial charge in [-0.05, 0) is 17.7 Å². The Kier molecular flexibility index (Phi) is 4.35. The van der Waals surface area contributed by atoms with Gasteiger partial charge in [0.05, 0.1) is 4.92 Å². The number of non-ortho nitro benzene ring substituents is 1. The zero-order chi connectivity index (χ0) is 18.8. The van der Waals surface area contributed by atoms with Gasteiger partial charge in [0.2, 0.25) is 0 Å². The van der Waals surface area contributed by atoms with Gasteiger partial charge in [0.15, 0.2) is 0 Å². The fourth-order valence-corrected chi connectivity index (χ4v) is 3.18. The molecule has 0 saturated heterocycles. The lowest BCUT2D eigenvalue weighted by Crippen LogP contribution is -2.03. The molecule has 1 aromatic carbocycles. The van der Waals surface area contributed by atoms with Crippen LogP contribution in [0.3, 0.4) is 0 Å². The summed E-state index contributed by atoms with van der Waals surface area (Å²) in [5, 5.41) is 12.0. The molecule has 1 N–H and O–H groups in total. The Bertz CT molecular complexity index is 1110. The van der Waals surface area contributed by atoms with Crippen molar-refractivity contribution in [1.29, 1.82) is 0 Å². The highest BCUT2D eigenvalue weighted by Gasteiger charge is 2.20. The van der Waals surface area contributed by atoms with Crippen molar-refractivity contribution in [3.63, 3.8) is 0 Å². The van der Waals surface area contributed by atoms with Gasteiger partial charge in [0.1, 0.15) is 11.8 Å². The molecule has 0 aliphatic rings. The van der Waals surface area contributed by atoms with E-state index >= 15 is 0 Å². The van der Waals surface area contributed by atoms with Gasteiger partial charge in [0, 0.05) is 66.1 Å². The third-order valence-corrected chi connectivity index (χ3v) is 4.46. The van der Waals surface area contributed by atoms with Crippen molar-refractivity contribution in [3.8, 4) is 11.1 Å². The molecule has 7 nitrogen and oxygen atoms in total. The van der Waals surface area contributed by atoms with Crippen LogP contribution >= 0.6 is 0 Å². The summed E-state index contributed by atoms with van der Waals surface area (Å²) in [5.74, 6) is 0. The van der Waals surface area contributed by atoms with Crippen molar-refractivity contribution in [2.45, 2.75) is 6.10 Å². The van der Waals surface area contributed by atoms with Gasteiger partial charge in [-0.15, -0.1) is 0 Å². The number of ether oxygens (including phenoxy) is 1. The summed E-state index contributed by atoms with van der Waals surface area (Å²) in [6.07, 6.45) is 6.67. The number of benzene rings is 1. The largest absolute Gasteiger partial charge is 0.372 e. The second kappa shape index (κ2) is 6.97. The first-order valence-corrected chi connectivity index (χ1v) is 8.32. The van der Waals surface area contributed by atoms with Crippen LogP contribution in [0, 0.1) is 10.1 Å². The van der Waals surface area contributed by atoms with Gasteiger partial charge in [-0.3, -0.25) is 15.1 Å². The normalized spacial score (nSPS) is 12.2. The number of rotatable bonds is 5. The van der Waals surface area contributed by atoms with E-state index in [-0.39, 0.29) is 5.69 Å². The van der Waals surface area contributed by atoms with Crippen molar-refractivity contribution < 1.29 is 9.66 Å². The Morgan fingerprint density at radius 3 is 2.78 bits per heavy atom. The number of hydrogen-bond donors (Lipinski definition) is 1. The van der Waals surface area contributed by atoms with Crippen LogP contribution < -0.4 is 0 Å². The molecule has 0 fully saturated rings. The molecule has 4 aromatic rings. The van der Waals surface area contributed by atoms with Gasteiger partial charge in [-0.2, -0.15) is 0 Å². The topological polar surface area (TPSA) is 93.9 Å². The third-order valence-electron chi connectivity index (χ3n) is 4.46. The number of nitro benzene ring substituents is 1. The highest BCUT2D eigenvalue weighted by molar-refractivity contribution is 5.85. The van der Waals surface area contributed by atoms with Crippen LogP contribution in [0.5, 0.6) is 0 Å². The SMILES string of the molecule is COC(c1cccc([N+](=O)[O-])c1)c1c[nH]c2ncc(-c3cccnc3)cc12. The lowest BCUT2D eigenvalue weighted by molar-refractivity contribution is -0.385. The summed E-state index contributed by atoms with van der Waals surface area (Å²) in [6, 6.07) is 12.3. The minimum Gasteiger partial charge on any atom is -0.372 e. The van der Waals surface area contributed by atoms with Crippen LogP contribution in [0.4, 0.5) is 5.69 Å². The molecule has 0 saturated carbocycles. The molecule has 4 rings (SSSR count). The smallest absolute Gasteiger partial charge is 0.269 e. The quantitative estimate of drug-likeness (QED) is 0.424. The molecule has 0 spiro atoms. The molecular formula is C20H16N4O3. The number of hydrogen-bond acceptors (Lipinski definition) is 5. The number of H-pyrrole nitrogens is 1. The molecule has 1 unspecified atom stereocenters. The zero-order valence-corrected chi connectivity index (χ0v) is 14.5. The van der Waals surface area contributed by atoms with Crippen molar-refractivity contribution in [1.82, 2.24) is 15.0 Å². The number of fused-ring (bicyclic) bond motifs is 1. The van der Waals surface area contributed by atoms with E-state index in [0.717, 1.165) is 27.7 Å². The van der Waals surface area contributed by atoms with Crippen LogP contribution in [-0.4, -0.2) is 27.0 Å². The van der Waals surface area contributed by atoms with E-state index in [4.69, 9.17) is 4.74 Å².